The van der Waals surface area contributed by atoms with Crippen LogP contribution in [0.2, 0.25) is 0 Å². The van der Waals surface area contributed by atoms with Gasteiger partial charge in [-0.15, -0.1) is 0 Å². The number of hydrogen-bond acceptors (Lipinski definition) is 10. The topological polar surface area (TPSA) is 124 Å². The van der Waals surface area contributed by atoms with Gasteiger partial charge in [-0.1, -0.05) is 219 Å². The van der Waals surface area contributed by atoms with Crippen LogP contribution in [0.4, 0.5) is 8.78 Å². The van der Waals surface area contributed by atoms with Crippen molar-refractivity contribution in [3.63, 3.8) is 0 Å². The maximum atomic E-state index is 15.1. The van der Waals surface area contributed by atoms with Crippen LogP contribution in [0.25, 0.3) is 0 Å². The van der Waals surface area contributed by atoms with E-state index in [0.29, 0.717) is 49.1 Å². The molecule has 0 aromatic heterocycles. The lowest BCUT2D eigenvalue weighted by atomic mass is 10.0. The van der Waals surface area contributed by atoms with Crippen molar-refractivity contribution in [3.8, 4) is 23.0 Å². The zero-order valence-electron chi connectivity index (χ0n) is 49.3. The van der Waals surface area contributed by atoms with E-state index in [4.69, 9.17) is 28.4 Å². The van der Waals surface area contributed by atoms with E-state index >= 15 is 8.78 Å². The Morgan fingerprint density at radius 3 is 0.762 bits per heavy atom. The summed E-state index contributed by atoms with van der Waals surface area (Å²) in [5.74, 6) is -5.27. The summed E-state index contributed by atoms with van der Waals surface area (Å²) in [5, 5.41) is 0. The third-order valence-electron chi connectivity index (χ3n) is 14.4. The van der Waals surface area contributed by atoms with Crippen molar-refractivity contribution in [2.24, 2.45) is 0 Å². The fraction of sp³-hybridized carbons (Fsp3) is 0.618. The summed E-state index contributed by atoms with van der Waals surface area (Å²) in [5.41, 5.74) is 1.20. The van der Waals surface area contributed by atoms with E-state index in [1.165, 1.54) is 204 Å². The van der Waals surface area contributed by atoms with Gasteiger partial charge >= 0.3 is 23.9 Å². The van der Waals surface area contributed by atoms with E-state index < -0.39 is 35.1 Å². The summed E-state index contributed by atoms with van der Waals surface area (Å²) >= 11 is 0. The van der Waals surface area contributed by atoms with Gasteiger partial charge in [0.25, 0.3) is 0 Å². The summed E-state index contributed by atoms with van der Waals surface area (Å²) in [4.78, 5) is 48.4. The third kappa shape index (κ3) is 33.3. The Morgan fingerprint density at radius 1 is 0.325 bits per heavy atom. The Balaban J connectivity index is 1.13. The number of carbonyl (C=O) groups is 4. The van der Waals surface area contributed by atoms with Gasteiger partial charge in [0.05, 0.1) is 37.6 Å². The van der Waals surface area contributed by atoms with Gasteiger partial charge < -0.3 is 28.4 Å². The molecule has 0 spiro atoms. The smallest absolute Gasteiger partial charge is 0.343 e. The van der Waals surface area contributed by atoms with Crippen LogP contribution in [-0.2, 0) is 19.1 Å². The van der Waals surface area contributed by atoms with Crippen molar-refractivity contribution < 1.29 is 56.4 Å². The average Bonchev–Trinajstić information content (AvgIpc) is 3.46. The number of rotatable bonds is 50. The summed E-state index contributed by atoms with van der Waals surface area (Å²) in [7, 11) is 0. The van der Waals surface area contributed by atoms with Crippen molar-refractivity contribution in [3.05, 3.63) is 108 Å². The molecular weight excluding hydrogens is 1010 g/mol. The van der Waals surface area contributed by atoms with E-state index in [1.54, 1.807) is 38.1 Å². The number of benzene rings is 3. The highest BCUT2D eigenvalue weighted by Crippen LogP contribution is 2.30. The Hall–Kier alpha value is -5.52. The molecule has 0 atom stereocenters. The molecule has 0 aliphatic rings. The van der Waals surface area contributed by atoms with E-state index in [-0.39, 0.29) is 23.1 Å². The van der Waals surface area contributed by atoms with Crippen LogP contribution in [0.1, 0.15) is 266 Å². The minimum atomic E-state index is -1.45. The summed E-state index contributed by atoms with van der Waals surface area (Å²) < 4.78 is 62.4. The Kier molecular flexibility index (Phi) is 38.8. The summed E-state index contributed by atoms with van der Waals surface area (Å²) in [6.45, 7) is 12.7. The highest BCUT2D eigenvalue weighted by atomic mass is 19.2. The fourth-order valence-corrected chi connectivity index (χ4v) is 9.39. The Bertz CT molecular complexity index is 2020. The second kappa shape index (κ2) is 45.1. The molecule has 3 aromatic rings. The van der Waals surface area contributed by atoms with Gasteiger partial charge in [-0.3, -0.25) is 0 Å². The molecule has 446 valence electrons. The first-order chi connectivity index (χ1) is 39.0. The number of halogens is 2. The lowest BCUT2D eigenvalue weighted by Crippen LogP contribution is -2.12. The highest BCUT2D eigenvalue weighted by molar-refractivity contribution is 5.92. The number of esters is 4. The van der Waals surface area contributed by atoms with Crippen LogP contribution < -0.4 is 18.9 Å². The first-order valence-corrected chi connectivity index (χ1v) is 31.0. The highest BCUT2D eigenvalue weighted by Gasteiger charge is 2.21. The minimum absolute atomic E-state index is 0.139. The average molecular weight is 1120 g/mol. The number of hydrogen-bond donors (Lipinski definition) is 0. The maximum Gasteiger partial charge on any atom is 0.343 e. The van der Waals surface area contributed by atoms with Crippen LogP contribution in [0.3, 0.4) is 0 Å². The zero-order chi connectivity index (χ0) is 57.7. The standard InChI is InChI=1S/C68H100F2O10/c1-55(2)65(71)77-53-39-35-31-27-23-19-15-11-7-5-9-13-17-21-25-29-33-37-51-75-59-45-41-57(42-46-59)67(73)79-61-49-50-62(64(70)63(61)69)80-68(74)58-43-47-60(48-44-58)76-52-38-34-30-26-22-18-14-10-6-8-12-16-20-24-28-32-36-40-54-78-66(72)56(3)4/h41-50H,1,3,5-40,51-54H2,2,4H3. The van der Waals surface area contributed by atoms with Crippen molar-refractivity contribution >= 4 is 23.9 Å². The van der Waals surface area contributed by atoms with Crippen LogP contribution in [0.15, 0.2) is 85.0 Å². The monoisotopic (exact) mass is 1110 g/mol. The molecule has 0 unspecified atom stereocenters. The van der Waals surface area contributed by atoms with E-state index in [1.807, 2.05) is 0 Å². The SMILES string of the molecule is C=C(C)C(=O)OCCCCCCCCCCCCCCCCCCCCOc1ccc(C(=O)Oc2ccc(OC(=O)c3ccc(OCCCCCCCCCCCCCCCCCCCCOC(=O)C(=C)C)cc3)c(F)c2F)cc1. The van der Waals surface area contributed by atoms with Crippen LogP contribution in [-0.4, -0.2) is 50.3 Å². The summed E-state index contributed by atoms with van der Waals surface area (Å²) in [6.07, 6.45) is 44.2. The first-order valence-electron chi connectivity index (χ1n) is 31.0. The normalized spacial score (nSPS) is 11.1. The van der Waals surface area contributed by atoms with Crippen LogP contribution >= 0.6 is 0 Å². The Labute approximate surface area is 480 Å². The van der Waals surface area contributed by atoms with Crippen LogP contribution in [0.5, 0.6) is 23.0 Å². The van der Waals surface area contributed by atoms with Crippen molar-refractivity contribution in [1.29, 1.82) is 0 Å². The largest absolute Gasteiger partial charge is 0.494 e. The molecular formula is C68H100F2O10. The van der Waals surface area contributed by atoms with E-state index in [2.05, 4.69) is 13.2 Å². The second-order valence-electron chi connectivity index (χ2n) is 21.8. The van der Waals surface area contributed by atoms with Crippen molar-refractivity contribution in [2.45, 2.75) is 245 Å². The molecule has 0 amide bonds. The van der Waals surface area contributed by atoms with Crippen molar-refractivity contribution in [1.82, 2.24) is 0 Å². The molecule has 12 heteroatoms. The zero-order valence-corrected chi connectivity index (χ0v) is 49.3. The van der Waals surface area contributed by atoms with Crippen LogP contribution in [0, 0.1) is 11.6 Å². The van der Waals surface area contributed by atoms with Gasteiger partial charge in [-0.25, -0.2) is 19.2 Å². The molecule has 0 heterocycles. The molecule has 0 fully saturated rings. The van der Waals surface area contributed by atoms with E-state index in [0.717, 1.165) is 63.5 Å². The van der Waals surface area contributed by atoms with Gasteiger partial charge in [0.15, 0.2) is 11.5 Å². The predicted molar refractivity (Wildman–Crippen MR) is 318 cm³/mol. The molecule has 0 aliphatic carbocycles. The van der Waals surface area contributed by atoms with Gasteiger partial charge in [0, 0.05) is 11.1 Å². The van der Waals surface area contributed by atoms with Gasteiger partial charge in [0.2, 0.25) is 11.6 Å². The predicted octanol–water partition coefficient (Wildman–Crippen LogP) is 19.4. The molecule has 3 rings (SSSR count). The van der Waals surface area contributed by atoms with Gasteiger partial charge in [-0.2, -0.15) is 8.78 Å². The minimum Gasteiger partial charge on any atom is -0.494 e. The first kappa shape index (κ1) is 68.8. The van der Waals surface area contributed by atoms with Gasteiger partial charge in [0.1, 0.15) is 11.5 Å². The molecule has 0 bridgehead atoms. The number of carbonyl (C=O) groups excluding carboxylic acids is 4. The molecule has 0 saturated heterocycles. The molecule has 0 N–H and O–H groups in total. The fourth-order valence-electron chi connectivity index (χ4n) is 9.39. The lowest BCUT2D eigenvalue weighted by molar-refractivity contribution is -0.139. The molecule has 0 radical (unpaired) electrons. The van der Waals surface area contributed by atoms with Crippen molar-refractivity contribution in [2.75, 3.05) is 26.4 Å². The second-order valence-corrected chi connectivity index (χ2v) is 21.8. The molecule has 3 aromatic carbocycles. The van der Waals surface area contributed by atoms with E-state index in [9.17, 15) is 19.2 Å². The maximum absolute atomic E-state index is 15.1. The van der Waals surface area contributed by atoms with Gasteiger partial charge in [-0.05, 0) is 100 Å². The third-order valence-corrected chi connectivity index (χ3v) is 14.4. The number of unbranched alkanes of at least 4 members (excludes halogenated alkanes) is 34. The molecule has 0 aliphatic heterocycles. The summed E-state index contributed by atoms with van der Waals surface area (Å²) in [6, 6.07) is 14.7. The number of ether oxygens (including phenoxy) is 6. The molecule has 10 nitrogen and oxygen atoms in total. The lowest BCUT2D eigenvalue weighted by Gasteiger charge is -2.11. The Morgan fingerprint density at radius 2 is 0.537 bits per heavy atom. The molecule has 0 saturated carbocycles. The quantitative estimate of drug-likeness (QED) is 0.0234. The molecule has 80 heavy (non-hydrogen) atoms.